The number of nitrogens with one attached hydrogen (secondary N) is 1. The number of para-hydroxylation sites is 1. The number of halogens is 1. The van der Waals surface area contributed by atoms with Crippen molar-refractivity contribution in [3.05, 3.63) is 29.3 Å². The zero-order valence-corrected chi connectivity index (χ0v) is 12.1. The van der Waals surface area contributed by atoms with Crippen LogP contribution in [-0.2, 0) is 9.59 Å². The standard InChI is InChI=1S/C14H18ClN3O2/c1-9(16)6-13(19)17-10-7-14(20)18(8-10)12-5-3-2-4-11(12)15/h2-5,9-10H,6-8,16H2,1H3,(H,17,19). The summed E-state index contributed by atoms with van der Waals surface area (Å²) in [4.78, 5) is 25.3. The summed E-state index contributed by atoms with van der Waals surface area (Å²) in [5.41, 5.74) is 6.26. The number of benzene rings is 1. The number of nitrogens with zero attached hydrogens (tertiary/aromatic N) is 1. The molecule has 2 unspecified atom stereocenters. The van der Waals surface area contributed by atoms with Crippen molar-refractivity contribution in [1.29, 1.82) is 0 Å². The minimum Gasteiger partial charge on any atom is -0.351 e. The second-order valence-corrected chi connectivity index (χ2v) is 5.51. The average molecular weight is 296 g/mol. The molecule has 2 amide bonds. The summed E-state index contributed by atoms with van der Waals surface area (Å²) in [6.07, 6.45) is 0.548. The molecule has 1 aromatic rings. The van der Waals surface area contributed by atoms with Crippen LogP contribution >= 0.6 is 11.6 Å². The van der Waals surface area contributed by atoms with E-state index in [1.165, 1.54) is 0 Å². The highest BCUT2D eigenvalue weighted by Gasteiger charge is 2.32. The van der Waals surface area contributed by atoms with Crippen LogP contribution in [0, 0.1) is 0 Å². The fraction of sp³-hybridized carbons (Fsp3) is 0.429. The van der Waals surface area contributed by atoms with E-state index in [0.717, 1.165) is 0 Å². The molecule has 1 fully saturated rings. The van der Waals surface area contributed by atoms with Gasteiger partial charge in [-0.1, -0.05) is 23.7 Å². The van der Waals surface area contributed by atoms with Crippen LogP contribution in [0.15, 0.2) is 24.3 Å². The summed E-state index contributed by atoms with van der Waals surface area (Å²) < 4.78 is 0. The van der Waals surface area contributed by atoms with E-state index in [0.29, 0.717) is 17.3 Å². The van der Waals surface area contributed by atoms with Crippen molar-refractivity contribution in [2.24, 2.45) is 5.73 Å². The van der Waals surface area contributed by atoms with Gasteiger partial charge in [0.15, 0.2) is 0 Å². The minimum atomic E-state index is -0.190. The van der Waals surface area contributed by atoms with Crippen molar-refractivity contribution in [2.75, 3.05) is 11.4 Å². The van der Waals surface area contributed by atoms with Crippen molar-refractivity contribution in [3.8, 4) is 0 Å². The maximum Gasteiger partial charge on any atom is 0.229 e. The molecule has 1 aliphatic heterocycles. The number of amides is 2. The van der Waals surface area contributed by atoms with Gasteiger partial charge in [0.2, 0.25) is 11.8 Å². The Kier molecular flexibility index (Phi) is 4.62. The van der Waals surface area contributed by atoms with E-state index in [-0.39, 0.29) is 36.7 Å². The molecule has 0 spiro atoms. The Balaban J connectivity index is 2.01. The lowest BCUT2D eigenvalue weighted by Crippen LogP contribution is -2.39. The molecular weight excluding hydrogens is 278 g/mol. The van der Waals surface area contributed by atoms with Gasteiger partial charge in [-0.3, -0.25) is 9.59 Å². The minimum absolute atomic E-state index is 0.0378. The van der Waals surface area contributed by atoms with Crippen LogP contribution in [-0.4, -0.2) is 30.4 Å². The molecule has 0 radical (unpaired) electrons. The number of carbonyl (C=O) groups is 2. The molecule has 2 rings (SSSR count). The van der Waals surface area contributed by atoms with Gasteiger partial charge in [-0.2, -0.15) is 0 Å². The Hall–Kier alpha value is -1.59. The predicted octanol–water partition coefficient (Wildman–Crippen LogP) is 1.30. The molecule has 0 saturated carbocycles. The van der Waals surface area contributed by atoms with Gasteiger partial charge >= 0.3 is 0 Å². The van der Waals surface area contributed by atoms with Crippen molar-refractivity contribution in [2.45, 2.75) is 31.8 Å². The van der Waals surface area contributed by atoms with Crippen LogP contribution in [0.3, 0.4) is 0 Å². The van der Waals surface area contributed by atoms with E-state index >= 15 is 0 Å². The second kappa shape index (κ2) is 6.24. The molecule has 6 heteroatoms. The summed E-state index contributed by atoms with van der Waals surface area (Å²) in [6, 6.07) is 6.81. The fourth-order valence-electron chi connectivity index (χ4n) is 2.29. The first-order valence-corrected chi connectivity index (χ1v) is 6.95. The lowest BCUT2D eigenvalue weighted by Gasteiger charge is -2.18. The monoisotopic (exact) mass is 295 g/mol. The van der Waals surface area contributed by atoms with Gasteiger partial charge in [-0.05, 0) is 19.1 Å². The van der Waals surface area contributed by atoms with Crippen LogP contribution in [0.1, 0.15) is 19.8 Å². The third-order valence-corrected chi connectivity index (χ3v) is 3.46. The Bertz CT molecular complexity index is 519. The summed E-state index contributed by atoms with van der Waals surface area (Å²) in [6.45, 7) is 2.21. The SMILES string of the molecule is CC(N)CC(=O)NC1CC(=O)N(c2ccccc2Cl)C1. The molecule has 1 heterocycles. The summed E-state index contributed by atoms with van der Waals surface area (Å²) in [5.74, 6) is -0.164. The van der Waals surface area contributed by atoms with Crippen molar-refractivity contribution in [3.63, 3.8) is 0 Å². The molecule has 1 aromatic carbocycles. The quantitative estimate of drug-likeness (QED) is 0.879. The first-order chi connectivity index (χ1) is 9.47. The number of hydrogen-bond donors (Lipinski definition) is 2. The molecule has 1 aliphatic rings. The van der Waals surface area contributed by atoms with Crippen molar-refractivity contribution in [1.82, 2.24) is 5.32 Å². The number of rotatable bonds is 4. The lowest BCUT2D eigenvalue weighted by atomic mass is 10.2. The van der Waals surface area contributed by atoms with Crippen molar-refractivity contribution >= 4 is 29.1 Å². The van der Waals surface area contributed by atoms with Gasteiger partial charge < -0.3 is 16.0 Å². The third-order valence-electron chi connectivity index (χ3n) is 3.14. The van der Waals surface area contributed by atoms with Crippen molar-refractivity contribution < 1.29 is 9.59 Å². The highest BCUT2D eigenvalue weighted by molar-refractivity contribution is 6.33. The van der Waals surface area contributed by atoms with E-state index in [9.17, 15) is 9.59 Å². The highest BCUT2D eigenvalue weighted by atomic mass is 35.5. The Morgan fingerprint density at radius 1 is 1.55 bits per heavy atom. The molecular formula is C14H18ClN3O2. The van der Waals surface area contributed by atoms with Crippen LogP contribution in [0.4, 0.5) is 5.69 Å². The first kappa shape index (κ1) is 14.8. The van der Waals surface area contributed by atoms with Gasteiger partial charge in [-0.25, -0.2) is 0 Å². The van der Waals surface area contributed by atoms with E-state index in [1.54, 1.807) is 24.0 Å². The predicted molar refractivity (Wildman–Crippen MR) is 78.6 cm³/mol. The summed E-state index contributed by atoms with van der Waals surface area (Å²) >= 11 is 6.09. The molecule has 2 atom stereocenters. The van der Waals surface area contributed by atoms with Crippen LogP contribution < -0.4 is 16.0 Å². The molecule has 20 heavy (non-hydrogen) atoms. The molecule has 0 aliphatic carbocycles. The van der Waals surface area contributed by atoms with Gasteiger partial charge in [0.05, 0.1) is 16.8 Å². The first-order valence-electron chi connectivity index (χ1n) is 6.57. The summed E-state index contributed by atoms with van der Waals surface area (Å²) in [7, 11) is 0. The van der Waals surface area contributed by atoms with Crippen LogP contribution in [0.2, 0.25) is 5.02 Å². The maximum atomic E-state index is 12.0. The molecule has 0 bridgehead atoms. The Morgan fingerprint density at radius 2 is 2.25 bits per heavy atom. The van der Waals surface area contributed by atoms with Crippen LogP contribution in [0.25, 0.3) is 0 Å². The van der Waals surface area contributed by atoms with Gasteiger partial charge in [0.25, 0.3) is 0 Å². The van der Waals surface area contributed by atoms with Gasteiger partial charge in [0.1, 0.15) is 0 Å². The van der Waals surface area contributed by atoms with E-state index in [1.807, 2.05) is 12.1 Å². The molecule has 108 valence electrons. The second-order valence-electron chi connectivity index (χ2n) is 5.11. The number of hydrogen-bond acceptors (Lipinski definition) is 3. The Labute approximate surface area is 123 Å². The normalized spacial score (nSPS) is 20.1. The molecule has 5 nitrogen and oxygen atoms in total. The zero-order valence-electron chi connectivity index (χ0n) is 11.3. The highest BCUT2D eigenvalue weighted by Crippen LogP contribution is 2.28. The Morgan fingerprint density at radius 3 is 2.90 bits per heavy atom. The topological polar surface area (TPSA) is 75.4 Å². The van der Waals surface area contributed by atoms with Gasteiger partial charge in [-0.15, -0.1) is 0 Å². The summed E-state index contributed by atoms with van der Waals surface area (Å²) in [5, 5.41) is 3.37. The molecule has 3 N–H and O–H groups in total. The fourth-order valence-corrected chi connectivity index (χ4v) is 2.52. The van der Waals surface area contributed by atoms with E-state index < -0.39 is 0 Å². The van der Waals surface area contributed by atoms with Crippen LogP contribution in [0.5, 0.6) is 0 Å². The largest absolute Gasteiger partial charge is 0.351 e. The average Bonchev–Trinajstić information content (AvgIpc) is 2.69. The van der Waals surface area contributed by atoms with E-state index in [4.69, 9.17) is 17.3 Å². The number of anilines is 1. The number of carbonyl (C=O) groups excluding carboxylic acids is 2. The maximum absolute atomic E-state index is 12.0. The zero-order chi connectivity index (χ0) is 14.7. The van der Waals surface area contributed by atoms with E-state index in [2.05, 4.69) is 5.32 Å². The third kappa shape index (κ3) is 3.49. The number of nitrogens with two attached hydrogens (primary N) is 1. The molecule has 0 aromatic heterocycles. The van der Waals surface area contributed by atoms with Gasteiger partial charge in [0, 0.05) is 25.4 Å². The smallest absolute Gasteiger partial charge is 0.229 e. The molecule has 1 saturated heterocycles. The lowest BCUT2D eigenvalue weighted by molar-refractivity contribution is -0.122.